The van der Waals surface area contributed by atoms with Gasteiger partial charge in [-0.3, -0.25) is 0 Å². The van der Waals surface area contributed by atoms with Crippen LogP contribution in [-0.2, 0) is 12.8 Å². The monoisotopic (exact) mass is 379 g/mol. The molecule has 0 aliphatic heterocycles. The standard InChI is InChI=1S/2C13H13F/c2*1-2-3-7-12-11-8-5-4-6-10(11)9-13(12)14/h2*1,4-6,8,12-13H,3,7,9H2/i3D2,14+0;3D2,14-1. The summed E-state index contributed by atoms with van der Waals surface area (Å²) in [5, 5.41) is 0. The minimum Gasteiger partial charge on any atom is -0.246 e. The van der Waals surface area contributed by atoms with Gasteiger partial charge in [0.2, 0.25) is 0 Å². The molecule has 0 amide bonds. The molecule has 2 aromatic carbocycles. The van der Waals surface area contributed by atoms with Crippen LogP contribution in [0.1, 0.15) is 65.2 Å². The quantitative estimate of drug-likeness (QED) is 0.559. The van der Waals surface area contributed by atoms with E-state index >= 15 is 0 Å². The minimum atomic E-state index is -1.73. The molecule has 0 saturated carbocycles. The van der Waals surface area contributed by atoms with E-state index in [4.69, 9.17) is 18.3 Å². The molecule has 2 aromatic rings. The van der Waals surface area contributed by atoms with Crippen molar-refractivity contribution in [2.75, 3.05) is 0 Å². The number of terminal acetylenes is 2. The zero-order chi connectivity index (χ0) is 23.5. The Hall–Kier alpha value is -2.58. The van der Waals surface area contributed by atoms with E-state index < -0.39 is 36.9 Å². The SMILES string of the molecule is [2H]C([2H])(C#C)CC1c2ccccc2CC1[18F].[2H]C([2H])(C#C)CC1c2ccccc2CC1[19F]. The molecule has 0 heterocycles. The van der Waals surface area contributed by atoms with Gasteiger partial charge in [0.05, 0.1) is 0 Å². The zero-order valence-electron chi connectivity index (χ0n) is 19.7. The highest BCUT2D eigenvalue weighted by molar-refractivity contribution is 5.37. The van der Waals surface area contributed by atoms with Gasteiger partial charge in [-0.2, -0.15) is 0 Å². The summed E-state index contributed by atoms with van der Waals surface area (Å²) in [6.07, 6.45) is 5.59. The third-order valence-corrected chi connectivity index (χ3v) is 5.46. The molecule has 144 valence electrons. The van der Waals surface area contributed by atoms with Crippen molar-refractivity contribution in [1.82, 2.24) is 0 Å². The van der Waals surface area contributed by atoms with Gasteiger partial charge >= 0.3 is 0 Å². The lowest BCUT2D eigenvalue weighted by Gasteiger charge is -2.11. The van der Waals surface area contributed by atoms with Crippen LogP contribution in [0.2, 0.25) is 0 Å². The number of rotatable bonds is 4. The lowest BCUT2D eigenvalue weighted by Crippen LogP contribution is -2.07. The van der Waals surface area contributed by atoms with Gasteiger partial charge in [-0.25, -0.2) is 8.78 Å². The highest BCUT2D eigenvalue weighted by Gasteiger charge is 2.32. The highest BCUT2D eigenvalue weighted by Crippen LogP contribution is 2.39. The molecule has 0 spiro atoms. The van der Waals surface area contributed by atoms with Crippen LogP contribution >= 0.6 is 0 Å². The molecule has 4 unspecified atom stereocenters. The third-order valence-electron chi connectivity index (χ3n) is 5.46. The van der Waals surface area contributed by atoms with Crippen LogP contribution in [0, 0.1) is 24.7 Å². The summed E-state index contributed by atoms with van der Waals surface area (Å²) in [5.41, 5.74) is 3.78. The Morgan fingerprint density at radius 3 is 1.57 bits per heavy atom. The second kappa shape index (κ2) is 9.57. The molecule has 2 heteroatoms. The van der Waals surface area contributed by atoms with E-state index in [0.29, 0.717) is 12.8 Å². The van der Waals surface area contributed by atoms with Crippen molar-refractivity contribution in [2.45, 2.75) is 62.6 Å². The number of halogens is 2. The van der Waals surface area contributed by atoms with E-state index in [2.05, 4.69) is 11.8 Å². The fourth-order valence-electron chi connectivity index (χ4n) is 4.07. The van der Waals surface area contributed by atoms with Crippen LogP contribution < -0.4 is 0 Å². The van der Waals surface area contributed by atoms with Crippen molar-refractivity contribution in [1.29, 1.82) is 0 Å². The van der Waals surface area contributed by atoms with Gasteiger partial charge in [-0.15, -0.1) is 24.7 Å². The van der Waals surface area contributed by atoms with Crippen LogP contribution in [0.15, 0.2) is 48.5 Å². The Balaban J connectivity index is 0.000000181. The smallest absolute Gasteiger partial charge is 0.111 e. The number of benzene rings is 2. The van der Waals surface area contributed by atoms with E-state index in [1.165, 1.54) is 0 Å². The predicted molar refractivity (Wildman–Crippen MR) is 112 cm³/mol. The van der Waals surface area contributed by atoms with E-state index in [1.807, 2.05) is 48.5 Å². The maximum Gasteiger partial charge on any atom is 0.111 e. The van der Waals surface area contributed by atoms with Gasteiger partial charge in [0, 0.05) is 42.9 Å². The number of fused-ring (bicyclic) bond motifs is 2. The maximum atomic E-state index is 13.8. The van der Waals surface area contributed by atoms with Gasteiger partial charge in [-0.1, -0.05) is 48.5 Å². The Kier molecular flexibility index (Phi) is 5.25. The van der Waals surface area contributed by atoms with Gasteiger partial charge in [0.1, 0.15) is 12.3 Å². The predicted octanol–water partition coefficient (Wildman–Crippen LogP) is 6.16. The Bertz CT molecular complexity index is 951. The molecule has 0 aromatic heterocycles. The van der Waals surface area contributed by atoms with Crippen molar-refractivity contribution in [2.24, 2.45) is 0 Å². The molecule has 0 bridgehead atoms. The molecular weight excluding hydrogens is 349 g/mol. The molecule has 0 saturated heterocycles. The van der Waals surface area contributed by atoms with E-state index in [0.717, 1.165) is 22.3 Å². The Morgan fingerprint density at radius 1 is 0.786 bits per heavy atom. The molecule has 0 radical (unpaired) electrons. The first-order valence-corrected chi connectivity index (χ1v) is 9.46. The third kappa shape index (κ3) is 4.45. The van der Waals surface area contributed by atoms with E-state index in [1.54, 1.807) is 0 Å². The first-order valence-electron chi connectivity index (χ1n) is 11.5. The van der Waals surface area contributed by atoms with Gasteiger partial charge < -0.3 is 0 Å². The first kappa shape index (κ1) is 15.4. The van der Waals surface area contributed by atoms with Crippen molar-refractivity contribution in [3.63, 3.8) is 0 Å². The van der Waals surface area contributed by atoms with Crippen LogP contribution in [-0.4, -0.2) is 12.3 Å². The average Bonchev–Trinajstić information content (AvgIpc) is 3.24. The minimum absolute atomic E-state index is 0.0572. The van der Waals surface area contributed by atoms with Gasteiger partial charge in [0.25, 0.3) is 0 Å². The normalized spacial score (nSPS) is 27.4. The van der Waals surface area contributed by atoms with E-state index in [-0.39, 0.29) is 12.8 Å². The molecule has 4 rings (SSSR count). The van der Waals surface area contributed by atoms with E-state index in [9.17, 15) is 8.78 Å². The summed E-state index contributed by atoms with van der Waals surface area (Å²) in [7, 11) is 0. The fourth-order valence-corrected chi connectivity index (χ4v) is 4.07. The van der Waals surface area contributed by atoms with Gasteiger partial charge in [-0.05, 0) is 35.1 Å². The summed E-state index contributed by atoms with van der Waals surface area (Å²) in [5.74, 6) is 3.37. The largest absolute Gasteiger partial charge is 0.246 e. The zero-order valence-corrected chi connectivity index (χ0v) is 15.7. The summed E-state index contributed by atoms with van der Waals surface area (Å²) in [6.45, 7) is 0. The second-order valence-corrected chi connectivity index (χ2v) is 7.10. The van der Waals surface area contributed by atoms with Crippen LogP contribution in [0.4, 0.5) is 8.78 Å². The number of hydrogen-bond acceptors (Lipinski definition) is 0. The highest BCUT2D eigenvalue weighted by atomic mass is 19.1. The summed E-state index contributed by atoms with van der Waals surface area (Å²) >= 11 is 0. The molecule has 2 aliphatic rings. The first-order chi connectivity index (χ1) is 15.1. The fraction of sp³-hybridized carbons (Fsp3) is 0.385. The van der Waals surface area contributed by atoms with Gasteiger partial charge in [0.15, 0.2) is 0 Å². The lowest BCUT2D eigenvalue weighted by molar-refractivity contribution is 0.292. The maximum absolute atomic E-state index is 13.8. The summed E-state index contributed by atoms with van der Waals surface area (Å²) in [4.78, 5) is 0. The second-order valence-electron chi connectivity index (χ2n) is 7.10. The van der Waals surface area contributed by atoms with Crippen LogP contribution in [0.3, 0.4) is 0 Å². The number of alkyl halides is 2. The summed E-state index contributed by atoms with van der Waals surface area (Å²) in [6, 6.07) is 15.0. The molecule has 4 atom stereocenters. The summed E-state index contributed by atoms with van der Waals surface area (Å²) < 4.78 is 57.8. The van der Waals surface area contributed by atoms with Crippen molar-refractivity contribution in [3.05, 3.63) is 70.8 Å². The van der Waals surface area contributed by atoms with Crippen molar-refractivity contribution < 1.29 is 14.3 Å². The van der Waals surface area contributed by atoms with Crippen molar-refractivity contribution >= 4 is 0 Å². The number of hydrogen-bond donors (Lipinski definition) is 0. The van der Waals surface area contributed by atoms with Crippen LogP contribution in [0.5, 0.6) is 0 Å². The Morgan fingerprint density at radius 2 is 1.18 bits per heavy atom. The molecule has 28 heavy (non-hydrogen) atoms. The average molecular weight is 380 g/mol. The molecule has 0 nitrogen and oxygen atoms in total. The molecule has 2 aliphatic carbocycles. The van der Waals surface area contributed by atoms with Crippen LogP contribution in [0.25, 0.3) is 0 Å². The van der Waals surface area contributed by atoms with Crippen molar-refractivity contribution in [3.8, 4) is 24.7 Å². The Labute approximate surface area is 173 Å². The molecular formula is C26H26F2. The molecule has 0 N–H and O–H groups in total. The molecule has 0 fully saturated rings. The topological polar surface area (TPSA) is 0 Å². The lowest BCUT2D eigenvalue weighted by atomic mass is 9.95.